The highest BCUT2D eigenvalue weighted by molar-refractivity contribution is 5.91. The summed E-state index contributed by atoms with van der Waals surface area (Å²) in [6.45, 7) is 10.8. The molecular weight excluding hydrogens is 707 g/mol. The summed E-state index contributed by atoms with van der Waals surface area (Å²) in [5.41, 5.74) is 8.25. The van der Waals surface area contributed by atoms with Crippen LogP contribution in [0.4, 0.5) is 9.59 Å². The van der Waals surface area contributed by atoms with Crippen molar-refractivity contribution < 1.29 is 23.9 Å². The minimum Gasteiger partial charge on any atom is -0.453 e. The molecule has 2 aromatic heterocycles. The van der Waals surface area contributed by atoms with E-state index < -0.39 is 17.7 Å². The van der Waals surface area contributed by atoms with Gasteiger partial charge in [-0.25, -0.2) is 19.6 Å². The number of aromatic nitrogens is 4. The Balaban J connectivity index is 0.983. The van der Waals surface area contributed by atoms with Crippen LogP contribution in [-0.4, -0.2) is 79.7 Å². The highest BCUT2D eigenvalue weighted by Gasteiger charge is 2.38. The molecule has 4 heterocycles. The Kier molecular flexibility index (Phi) is 9.84. The van der Waals surface area contributed by atoms with Crippen LogP contribution >= 0.6 is 0 Å². The van der Waals surface area contributed by atoms with E-state index in [1.807, 2.05) is 50.6 Å². The summed E-state index contributed by atoms with van der Waals surface area (Å²) in [6, 6.07) is 18.7. The number of rotatable bonds is 7. The smallest absolute Gasteiger partial charge is 0.410 e. The minimum absolute atomic E-state index is 0.0953. The van der Waals surface area contributed by atoms with Gasteiger partial charge in [-0.3, -0.25) is 9.69 Å². The third-order valence-corrected chi connectivity index (χ3v) is 11.3. The quantitative estimate of drug-likeness (QED) is 0.151. The summed E-state index contributed by atoms with van der Waals surface area (Å²) < 4.78 is 10.5. The Bertz CT molecular complexity index is 2300. The van der Waals surface area contributed by atoms with Crippen molar-refractivity contribution in [3.8, 4) is 33.6 Å². The molecule has 0 bridgehead atoms. The minimum atomic E-state index is -0.678. The van der Waals surface area contributed by atoms with E-state index in [0.717, 1.165) is 89.2 Å². The van der Waals surface area contributed by atoms with E-state index in [1.54, 1.807) is 0 Å². The Morgan fingerprint density at radius 2 is 1.50 bits per heavy atom. The van der Waals surface area contributed by atoms with Crippen molar-refractivity contribution >= 4 is 28.9 Å². The normalized spacial score (nSPS) is 18.6. The second-order valence-corrected chi connectivity index (χ2v) is 16.7. The molecule has 12 nitrogen and oxygen atoms in total. The molecule has 2 saturated heterocycles. The van der Waals surface area contributed by atoms with Crippen LogP contribution in [0.2, 0.25) is 0 Å². The Hall–Kier alpha value is -5.65. The highest BCUT2D eigenvalue weighted by atomic mass is 16.6. The number of carbonyl (C=O) groups excluding carboxylic acids is 3. The number of amides is 3. The number of hydrogen-bond acceptors (Lipinski definition) is 7. The first-order chi connectivity index (χ1) is 26.9. The van der Waals surface area contributed by atoms with Gasteiger partial charge in [0.15, 0.2) is 0 Å². The maximum absolute atomic E-state index is 13.6. The van der Waals surface area contributed by atoms with Gasteiger partial charge in [0, 0.05) is 24.2 Å². The van der Waals surface area contributed by atoms with Crippen molar-refractivity contribution in [1.82, 2.24) is 35.1 Å². The number of ether oxygens (including phenoxy) is 2. The van der Waals surface area contributed by atoms with Gasteiger partial charge in [-0.1, -0.05) is 56.3 Å². The predicted octanol–water partition coefficient (Wildman–Crippen LogP) is 8.50. The van der Waals surface area contributed by atoms with Crippen molar-refractivity contribution in [2.75, 3.05) is 20.2 Å². The van der Waals surface area contributed by atoms with Gasteiger partial charge in [0.25, 0.3) is 0 Å². The predicted molar refractivity (Wildman–Crippen MR) is 215 cm³/mol. The fourth-order valence-electron chi connectivity index (χ4n) is 8.50. The molecule has 0 spiro atoms. The number of aryl methyl sites for hydroxylation is 2. The number of aromatic amines is 2. The average molecular weight is 758 g/mol. The van der Waals surface area contributed by atoms with Crippen LogP contribution in [0.15, 0.2) is 60.8 Å². The zero-order valence-electron chi connectivity index (χ0n) is 33.1. The third kappa shape index (κ3) is 7.24. The van der Waals surface area contributed by atoms with Gasteiger partial charge in [-0.15, -0.1) is 0 Å². The van der Waals surface area contributed by atoms with Crippen LogP contribution < -0.4 is 5.32 Å². The first-order valence-electron chi connectivity index (χ1n) is 19.8. The molecule has 3 aromatic carbocycles. The molecule has 1 aliphatic carbocycles. The topological polar surface area (TPSA) is 146 Å². The van der Waals surface area contributed by atoms with Crippen molar-refractivity contribution in [3.63, 3.8) is 0 Å². The lowest BCUT2D eigenvalue weighted by Crippen LogP contribution is -2.51. The van der Waals surface area contributed by atoms with Crippen molar-refractivity contribution in [2.24, 2.45) is 5.92 Å². The molecule has 0 saturated carbocycles. The maximum atomic E-state index is 13.6. The average Bonchev–Trinajstić information content (AvgIpc) is 4.01. The number of methoxy groups -OCH3 is 1. The molecule has 292 valence electrons. The van der Waals surface area contributed by atoms with Crippen LogP contribution in [0.5, 0.6) is 0 Å². The number of imidazole rings is 2. The van der Waals surface area contributed by atoms with Crippen molar-refractivity contribution in [3.05, 3.63) is 83.7 Å². The summed E-state index contributed by atoms with van der Waals surface area (Å²) >= 11 is 0. The zero-order chi connectivity index (χ0) is 39.3. The van der Waals surface area contributed by atoms with E-state index in [2.05, 4.69) is 69.9 Å². The van der Waals surface area contributed by atoms with E-state index >= 15 is 0 Å². The van der Waals surface area contributed by atoms with Crippen LogP contribution in [0, 0.1) is 5.92 Å². The number of fused-ring (bicyclic) bond motifs is 4. The molecule has 2 fully saturated rings. The molecule has 8 rings (SSSR count). The molecule has 3 amide bonds. The van der Waals surface area contributed by atoms with Crippen LogP contribution in [0.25, 0.3) is 44.4 Å². The van der Waals surface area contributed by atoms with E-state index in [1.165, 1.54) is 23.8 Å². The van der Waals surface area contributed by atoms with E-state index in [9.17, 15) is 14.4 Å². The Labute approximate surface area is 327 Å². The number of H-pyrrole nitrogens is 2. The van der Waals surface area contributed by atoms with Crippen LogP contribution in [0.3, 0.4) is 0 Å². The number of benzene rings is 3. The second kappa shape index (κ2) is 14.8. The molecule has 2 aliphatic heterocycles. The molecule has 12 heteroatoms. The number of alkyl carbamates (subject to hydrolysis) is 1. The highest BCUT2D eigenvalue weighted by Crippen LogP contribution is 2.39. The van der Waals surface area contributed by atoms with Gasteiger partial charge in [0.05, 0.1) is 42.5 Å². The fourth-order valence-corrected chi connectivity index (χ4v) is 8.50. The first-order valence-corrected chi connectivity index (χ1v) is 19.8. The van der Waals surface area contributed by atoms with Crippen molar-refractivity contribution in [1.29, 1.82) is 0 Å². The second-order valence-electron chi connectivity index (χ2n) is 16.7. The van der Waals surface area contributed by atoms with Gasteiger partial charge in [0.1, 0.15) is 23.3 Å². The molecule has 3 N–H and O–H groups in total. The van der Waals surface area contributed by atoms with E-state index in [0.29, 0.717) is 13.1 Å². The lowest BCUT2D eigenvalue weighted by atomic mass is 9.89. The maximum Gasteiger partial charge on any atom is 0.410 e. The monoisotopic (exact) mass is 757 g/mol. The van der Waals surface area contributed by atoms with Gasteiger partial charge in [-0.05, 0) is 105 Å². The number of likely N-dealkylation sites (tertiary alicyclic amines) is 2. The molecule has 3 atom stereocenters. The number of carbonyl (C=O) groups is 3. The molecular formula is C44H51N7O5. The SMILES string of the molecule is COC(=O)N[C@H](C(=O)N1CCC[C@H]1c1ncc(-c2ccc3cc(-c4ccc5c(c4)CCc4nc(C6CCCN6C(=O)OC(C)(C)C)[nH]c4-5)ccc3c2)[nH]1)C(C)C. The fraction of sp³-hybridized carbons (Fsp3) is 0.432. The van der Waals surface area contributed by atoms with Gasteiger partial charge in [0.2, 0.25) is 5.91 Å². The summed E-state index contributed by atoms with van der Waals surface area (Å²) in [4.78, 5) is 59.1. The molecule has 3 aliphatic rings. The largest absolute Gasteiger partial charge is 0.453 e. The molecule has 1 unspecified atom stereocenters. The van der Waals surface area contributed by atoms with E-state index in [4.69, 9.17) is 19.4 Å². The van der Waals surface area contributed by atoms with Gasteiger partial charge >= 0.3 is 12.2 Å². The Morgan fingerprint density at radius 3 is 2.21 bits per heavy atom. The Morgan fingerprint density at radius 1 is 0.839 bits per heavy atom. The zero-order valence-corrected chi connectivity index (χ0v) is 33.1. The lowest BCUT2D eigenvalue weighted by Gasteiger charge is -2.30. The van der Waals surface area contributed by atoms with Gasteiger partial charge < -0.3 is 29.7 Å². The van der Waals surface area contributed by atoms with Crippen molar-refractivity contribution in [2.45, 2.75) is 96.9 Å². The van der Waals surface area contributed by atoms with Crippen LogP contribution in [0.1, 0.15) is 95.3 Å². The van der Waals surface area contributed by atoms with Gasteiger partial charge in [-0.2, -0.15) is 0 Å². The van der Waals surface area contributed by atoms with Crippen LogP contribution in [-0.2, 0) is 27.1 Å². The molecule has 0 radical (unpaired) electrons. The molecule has 56 heavy (non-hydrogen) atoms. The standard InChI is InChI=1S/C44H51N7O5/c1-25(2)37(49-42(53)55-6)41(52)50-19-7-9-35(50)39-45-24-34(47-39)31-14-13-27-21-26(11-12-28(27)23-31)29-15-17-32-30(22-29)16-18-33-38(32)48-40(46-33)36-10-8-20-51(36)43(54)56-44(3,4)5/h11-15,17,21-25,35-37H,7-10,16,18-20H2,1-6H3,(H,45,47)(H,46,48)(H,49,53)/t35-,36?,37-/m0/s1. The molecule has 5 aromatic rings. The summed E-state index contributed by atoms with van der Waals surface area (Å²) in [5, 5.41) is 4.97. The van der Waals surface area contributed by atoms with E-state index in [-0.39, 0.29) is 30.0 Å². The lowest BCUT2D eigenvalue weighted by molar-refractivity contribution is -0.135. The number of nitrogens with one attached hydrogen (secondary N) is 3. The summed E-state index contributed by atoms with van der Waals surface area (Å²) in [6.07, 6.45) is 6.13. The summed E-state index contributed by atoms with van der Waals surface area (Å²) in [7, 11) is 1.30. The first kappa shape index (κ1) is 37.3. The third-order valence-electron chi connectivity index (χ3n) is 11.3. The number of hydrogen-bond donors (Lipinski definition) is 3. The summed E-state index contributed by atoms with van der Waals surface area (Å²) in [5.74, 6) is 1.37. The number of nitrogens with zero attached hydrogens (tertiary/aromatic N) is 4.